The van der Waals surface area contributed by atoms with E-state index in [1.54, 1.807) is 14.2 Å². The van der Waals surface area contributed by atoms with Crippen LogP contribution in [0.15, 0.2) is 84.9 Å². The number of hydrogen-bond donors (Lipinski definition) is 2. The van der Waals surface area contributed by atoms with Gasteiger partial charge < -0.3 is 29.9 Å². The zero-order valence-corrected chi connectivity index (χ0v) is 40.1. The van der Waals surface area contributed by atoms with Crippen LogP contribution < -0.4 is 10.6 Å². The fraction of sp³-hybridized carbons (Fsp3) is 0.464. The molecule has 0 aromatic heterocycles. The normalized spacial score (nSPS) is 21.0. The summed E-state index contributed by atoms with van der Waals surface area (Å²) in [4.78, 5) is 55.9. The molecule has 0 radical (unpaired) electrons. The quantitative estimate of drug-likeness (QED) is 0.159. The van der Waals surface area contributed by atoms with E-state index in [-0.39, 0.29) is 47.7 Å². The number of carbonyl (C=O) groups excluding carboxylic acids is 4. The molecule has 68 heavy (non-hydrogen) atoms. The van der Waals surface area contributed by atoms with Gasteiger partial charge in [-0.25, -0.2) is 0 Å². The summed E-state index contributed by atoms with van der Waals surface area (Å²) < 4.78 is 10.8. The average molecular weight is 919 g/mol. The van der Waals surface area contributed by atoms with Gasteiger partial charge in [-0.2, -0.15) is 10.5 Å². The van der Waals surface area contributed by atoms with E-state index in [4.69, 9.17) is 20.0 Å². The van der Waals surface area contributed by atoms with Crippen molar-refractivity contribution in [3.05, 3.63) is 129 Å². The smallest absolute Gasteiger partial charge is 0.253 e. The van der Waals surface area contributed by atoms with Crippen LogP contribution >= 0.6 is 0 Å². The predicted octanol–water partition coefficient (Wildman–Crippen LogP) is 10.1. The Morgan fingerprint density at radius 1 is 0.500 bits per heavy atom. The highest BCUT2D eigenvalue weighted by Crippen LogP contribution is 2.33. The molecular weight excluding hydrogens is 853 g/mol. The van der Waals surface area contributed by atoms with E-state index in [1.165, 1.54) is 11.1 Å². The molecule has 4 aromatic carbocycles. The summed E-state index contributed by atoms with van der Waals surface area (Å²) in [7, 11) is 3.46. The number of piperidine rings is 2. The van der Waals surface area contributed by atoms with Crippen LogP contribution in [0.3, 0.4) is 0 Å². The molecule has 0 spiro atoms. The summed E-state index contributed by atoms with van der Waals surface area (Å²) in [6.45, 7) is 6.69. The molecule has 4 aliphatic rings. The first-order valence-corrected chi connectivity index (χ1v) is 24.4. The largest absolute Gasteiger partial charge is 0.381 e. The van der Waals surface area contributed by atoms with E-state index in [2.05, 4.69) is 22.8 Å². The minimum Gasteiger partial charge on any atom is -0.381 e. The lowest BCUT2D eigenvalue weighted by atomic mass is 9.86. The van der Waals surface area contributed by atoms with Crippen LogP contribution in [0, 0.1) is 48.3 Å². The van der Waals surface area contributed by atoms with Gasteiger partial charge in [0.25, 0.3) is 11.8 Å². The van der Waals surface area contributed by atoms with Crippen molar-refractivity contribution in [2.45, 2.75) is 115 Å². The Morgan fingerprint density at radius 2 is 0.838 bits per heavy atom. The Hall–Kier alpha value is -6.34. The second kappa shape index (κ2) is 23.6. The van der Waals surface area contributed by atoms with Crippen LogP contribution in [0.25, 0.3) is 0 Å². The van der Waals surface area contributed by atoms with Crippen LogP contribution in [0.4, 0.5) is 11.4 Å². The second-order valence-corrected chi connectivity index (χ2v) is 19.1. The summed E-state index contributed by atoms with van der Waals surface area (Å²) in [5.74, 6) is 0.869. The van der Waals surface area contributed by atoms with Crippen molar-refractivity contribution in [3.63, 3.8) is 0 Å². The molecule has 12 heteroatoms. The maximum Gasteiger partial charge on any atom is 0.253 e. The van der Waals surface area contributed by atoms with Crippen molar-refractivity contribution < 1.29 is 28.7 Å². The van der Waals surface area contributed by atoms with E-state index in [0.717, 1.165) is 99.6 Å². The molecule has 0 bridgehead atoms. The van der Waals surface area contributed by atoms with Crippen molar-refractivity contribution in [2.75, 3.05) is 51.0 Å². The lowest BCUT2D eigenvalue weighted by molar-refractivity contribution is -0.122. The van der Waals surface area contributed by atoms with Gasteiger partial charge in [0, 0.05) is 74.7 Å². The van der Waals surface area contributed by atoms with Crippen molar-refractivity contribution >= 4 is 35.0 Å². The molecule has 12 nitrogen and oxygen atoms in total. The molecule has 2 saturated heterocycles. The zero-order chi connectivity index (χ0) is 48.2. The van der Waals surface area contributed by atoms with E-state index < -0.39 is 0 Å². The number of nitrogens with zero attached hydrogens (tertiary/aromatic N) is 4. The molecule has 4 aromatic rings. The lowest BCUT2D eigenvalue weighted by Gasteiger charge is -2.32. The SMILES string of the molecule is COC1CCC(C(=O)Nc2cc(C(=O)N3CCC(c4ccc(C#N)cc4)CC3)ccc2C)CC1.COC1CCC(C(=O)Nc2cc(C(=O)N3CCC(c4ccc(C#N)cc4)CC3)ccc2C)CC1. The fourth-order valence-electron chi connectivity index (χ4n) is 10.2. The number of nitrogens with one attached hydrogen (secondary N) is 2. The van der Waals surface area contributed by atoms with Crippen LogP contribution in [-0.2, 0) is 19.1 Å². The zero-order valence-electron chi connectivity index (χ0n) is 40.1. The number of amides is 4. The summed E-state index contributed by atoms with van der Waals surface area (Å²) in [5.41, 5.74) is 8.36. The lowest BCUT2D eigenvalue weighted by Crippen LogP contribution is -2.38. The number of carbonyl (C=O) groups is 4. The molecule has 0 atom stereocenters. The highest BCUT2D eigenvalue weighted by molar-refractivity contribution is 5.99. The molecule has 0 unspecified atom stereocenters. The molecule has 2 aliphatic carbocycles. The summed E-state index contributed by atoms with van der Waals surface area (Å²) in [6, 6.07) is 31.0. The van der Waals surface area contributed by atoms with Gasteiger partial charge in [-0.1, -0.05) is 36.4 Å². The van der Waals surface area contributed by atoms with Gasteiger partial charge in [-0.15, -0.1) is 0 Å². The number of rotatable bonds is 10. The number of likely N-dealkylation sites (tertiary alicyclic amines) is 2. The molecule has 2 aliphatic heterocycles. The molecule has 4 fully saturated rings. The second-order valence-electron chi connectivity index (χ2n) is 19.1. The van der Waals surface area contributed by atoms with Crippen LogP contribution in [0.2, 0.25) is 0 Å². The third-order valence-electron chi connectivity index (χ3n) is 14.8. The van der Waals surface area contributed by atoms with Crippen LogP contribution in [0.5, 0.6) is 0 Å². The van der Waals surface area contributed by atoms with E-state index in [1.807, 2.05) is 109 Å². The minimum atomic E-state index is -0.00795. The number of benzene rings is 4. The van der Waals surface area contributed by atoms with Gasteiger partial charge in [0.1, 0.15) is 0 Å². The predicted molar refractivity (Wildman–Crippen MR) is 263 cm³/mol. The number of hydrogen-bond acceptors (Lipinski definition) is 8. The monoisotopic (exact) mass is 919 g/mol. The number of anilines is 2. The number of ether oxygens (including phenoxy) is 2. The van der Waals surface area contributed by atoms with Gasteiger partial charge in [0.05, 0.1) is 35.5 Å². The first kappa shape index (κ1) is 49.6. The minimum absolute atomic E-state index is 0.00795. The van der Waals surface area contributed by atoms with Gasteiger partial charge in [0.15, 0.2) is 0 Å². The van der Waals surface area contributed by atoms with Crippen molar-refractivity contribution in [1.82, 2.24) is 9.80 Å². The number of nitriles is 2. The van der Waals surface area contributed by atoms with Crippen molar-refractivity contribution in [3.8, 4) is 12.1 Å². The average Bonchev–Trinajstić information content (AvgIpc) is 3.39. The van der Waals surface area contributed by atoms with Crippen molar-refractivity contribution in [1.29, 1.82) is 10.5 Å². The molecule has 4 amide bonds. The maximum absolute atomic E-state index is 13.2. The Balaban J connectivity index is 0.000000201. The Bertz CT molecular complexity index is 2290. The van der Waals surface area contributed by atoms with Crippen LogP contribution in [-0.4, -0.2) is 86.0 Å². The van der Waals surface area contributed by atoms with E-state index >= 15 is 0 Å². The van der Waals surface area contributed by atoms with Crippen LogP contribution in [0.1, 0.15) is 143 Å². The number of methoxy groups -OCH3 is 2. The van der Waals surface area contributed by atoms with Gasteiger partial charge in [0.2, 0.25) is 11.8 Å². The Kier molecular flexibility index (Phi) is 17.2. The Morgan fingerprint density at radius 3 is 1.15 bits per heavy atom. The van der Waals surface area contributed by atoms with Crippen molar-refractivity contribution in [2.24, 2.45) is 11.8 Å². The van der Waals surface area contributed by atoms with Gasteiger partial charge in [-0.3, -0.25) is 19.2 Å². The summed E-state index contributed by atoms with van der Waals surface area (Å²) >= 11 is 0. The first-order chi connectivity index (χ1) is 33.0. The first-order valence-electron chi connectivity index (χ1n) is 24.4. The third-order valence-corrected chi connectivity index (χ3v) is 14.8. The highest BCUT2D eigenvalue weighted by Gasteiger charge is 2.30. The standard InChI is InChI=1S/2C28H33N3O3/c2*1-19-3-6-24(17-26(19)30-27(32)23-9-11-25(34-2)12-10-23)28(33)31-15-13-22(14-16-31)21-7-4-20(18-29)5-8-21/h2*3-8,17,22-23,25H,9-16H2,1-2H3,(H,30,32). The summed E-state index contributed by atoms with van der Waals surface area (Å²) in [6.07, 6.45) is 11.1. The highest BCUT2D eigenvalue weighted by atomic mass is 16.5. The number of aryl methyl sites for hydroxylation is 2. The molecular formula is C56H66N6O6. The fourth-order valence-corrected chi connectivity index (χ4v) is 10.2. The topological polar surface area (TPSA) is 165 Å². The molecule has 2 heterocycles. The molecule has 8 rings (SSSR count). The van der Waals surface area contributed by atoms with E-state index in [0.29, 0.717) is 60.3 Å². The van der Waals surface area contributed by atoms with Gasteiger partial charge >= 0.3 is 0 Å². The van der Waals surface area contributed by atoms with Gasteiger partial charge in [-0.05, 0) is 174 Å². The molecule has 356 valence electrons. The Labute approximate surface area is 402 Å². The molecule has 2 saturated carbocycles. The maximum atomic E-state index is 13.2. The molecule has 2 N–H and O–H groups in total. The summed E-state index contributed by atoms with van der Waals surface area (Å²) in [5, 5.41) is 24.1. The van der Waals surface area contributed by atoms with E-state index in [9.17, 15) is 19.2 Å². The third kappa shape index (κ3) is 12.6.